The first kappa shape index (κ1) is 13.5. The number of anilines is 2. The molecule has 1 N–H and O–H groups in total. The Hall–Kier alpha value is -1.50. The molecule has 0 aliphatic carbocycles. The van der Waals surface area contributed by atoms with Gasteiger partial charge in [-0.2, -0.15) is 8.75 Å². The van der Waals surface area contributed by atoms with Gasteiger partial charge < -0.3 is 5.32 Å². The minimum atomic E-state index is 0.388. The van der Waals surface area contributed by atoms with Crippen molar-refractivity contribution in [2.24, 2.45) is 0 Å². The minimum absolute atomic E-state index is 0.388. The van der Waals surface area contributed by atoms with Crippen molar-refractivity contribution in [2.75, 3.05) is 5.32 Å². The van der Waals surface area contributed by atoms with Crippen LogP contribution in [0.1, 0.15) is 12.7 Å². The molecule has 1 aromatic carbocycles. The Bertz CT molecular complexity index is 774. The van der Waals surface area contributed by atoms with Crippen LogP contribution in [0.15, 0.2) is 18.2 Å². The Morgan fingerprint density at radius 2 is 2.05 bits per heavy atom. The number of nitrogens with one attached hydrogen (secondary N) is 1. The van der Waals surface area contributed by atoms with Crippen LogP contribution in [-0.2, 0) is 6.42 Å². The summed E-state index contributed by atoms with van der Waals surface area (Å²) in [6.45, 7) is 1.97. The van der Waals surface area contributed by atoms with Crippen LogP contribution in [0.4, 0.5) is 11.5 Å². The van der Waals surface area contributed by atoms with Crippen LogP contribution >= 0.6 is 34.9 Å². The normalized spacial score (nSPS) is 10.9. The molecular weight excluding hydrogens is 317 g/mol. The van der Waals surface area contributed by atoms with E-state index >= 15 is 0 Å². The average molecular weight is 326 g/mol. The summed E-state index contributed by atoms with van der Waals surface area (Å²) >= 11 is 13.3. The molecule has 0 spiro atoms. The molecule has 5 nitrogen and oxygen atoms in total. The molecule has 2 aromatic heterocycles. The third-order valence-electron chi connectivity index (χ3n) is 2.69. The molecule has 20 heavy (non-hydrogen) atoms. The Labute approximate surface area is 129 Å². The number of fused-ring (bicyclic) bond motifs is 1. The quantitative estimate of drug-likeness (QED) is 0.734. The standard InChI is InChI=1S/C12H9Cl2N5S/c1-2-9-15-8(14)5-10(16-9)17-11-6(13)3-4-7-12(11)19-20-18-7/h3-5H,2H2,1H3,(H,15,16,17). The second kappa shape index (κ2) is 5.47. The highest BCUT2D eigenvalue weighted by Gasteiger charge is 2.11. The zero-order valence-corrected chi connectivity index (χ0v) is 12.7. The Balaban J connectivity index is 2.07. The van der Waals surface area contributed by atoms with Gasteiger partial charge in [-0.3, -0.25) is 0 Å². The maximum absolute atomic E-state index is 6.22. The summed E-state index contributed by atoms with van der Waals surface area (Å²) in [6.07, 6.45) is 0.700. The van der Waals surface area contributed by atoms with Crippen LogP contribution in [0.2, 0.25) is 10.2 Å². The first-order chi connectivity index (χ1) is 9.67. The van der Waals surface area contributed by atoms with Crippen LogP contribution in [-0.4, -0.2) is 18.7 Å². The van der Waals surface area contributed by atoms with Gasteiger partial charge in [0.05, 0.1) is 22.4 Å². The second-order valence-electron chi connectivity index (χ2n) is 4.03. The Morgan fingerprint density at radius 3 is 2.85 bits per heavy atom. The van der Waals surface area contributed by atoms with E-state index in [-0.39, 0.29) is 0 Å². The van der Waals surface area contributed by atoms with Gasteiger partial charge >= 0.3 is 0 Å². The number of rotatable bonds is 3. The van der Waals surface area contributed by atoms with Gasteiger partial charge in [0, 0.05) is 12.5 Å². The number of hydrogen-bond acceptors (Lipinski definition) is 6. The first-order valence-electron chi connectivity index (χ1n) is 5.88. The Morgan fingerprint density at radius 1 is 1.20 bits per heavy atom. The summed E-state index contributed by atoms with van der Waals surface area (Å²) in [4.78, 5) is 8.49. The zero-order valence-electron chi connectivity index (χ0n) is 10.4. The zero-order chi connectivity index (χ0) is 14.1. The predicted molar refractivity (Wildman–Crippen MR) is 82.1 cm³/mol. The Kier molecular flexibility index (Phi) is 3.69. The number of aryl methyl sites for hydroxylation is 1. The number of benzene rings is 1. The van der Waals surface area contributed by atoms with Crippen LogP contribution in [0.5, 0.6) is 0 Å². The maximum Gasteiger partial charge on any atom is 0.135 e. The molecule has 0 saturated heterocycles. The van der Waals surface area contributed by atoms with Crippen molar-refractivity contribution >= 4 is 57.5 Å². The second-order valence-corrected chi connectivity index (χ2v) is 5.35. The van der Waals surface area contributed by atoms with E-state index in [1.54, 1.807) is 12.1 Å². The van der Waals surface area contributed by atoms with Crippen molar-refractivity contribution in [1.29, 1.82) is 0 Å². The van der Waals surface area contributed by atoms with Gasteiger partial charge in [0.25, 0.3) is 0 Å². The fourth-order valence-electron chi connectivity index (χ4n) is 1.76. The molecule has 0 bridgehead atoms. The van der Waals surface area contributed by atoms with Gasteiger partial charge in [-0.05, 0) is 12.1 Å². The van der Waals surface area contributed by atoms with Crippen molar-refractivity contribution in [1.82, 2.24) is 18.7 Å². The molecule has 0 radical (unpaired) electrons. The van der Waals surface area contributed by atoms with Crippen molar-refractivity contribution in [2.45, 2.75) is 13.3 Å². The fourth-order valence-corrected chi connectivity index (χ4v) is 2.70. The highest BCUT2D eigenvalue weighted by molar-refractivity contribution is 7.00. The minimum Gasteiger partial charge on any atom is -0.337 e. The van der Waals surface area contributed by atoms with E-state index in [1.165, 1.54) is 0 Å². The molecule has 8 heteroatoms. The van der Waals surface area contributed by atoms with Crippen molar-refractivity contribution < 1.29 is 0 Å². The van der Waals surface area contributed by atoms with E-state index < -0.39 is 0 Å². The summed E-state index contributed by atoms with van der Waals surface area (Å²) < 4.78 is 8.43. The summed E-state index contributed by atoms with van der Waals surface area (Å²) in [5.41, 5.74) is 2.18. The molecular formula is C12H9Cl2N5S. The maximum atomic E-state index is 6.22. The van der Waals surface area contributed by atoms with E-state index in [0.29, 0.717) is 33.9 Å². The third kappa shape index (κ3) is 2.54. The highest BCUT2D eigenvalue weighted by atomic mass is 35.5. The smallest absolute Gasteiger partial charge is 0.135 e. The summed E-state index contributed by atoms with van der Waals surface area (Å²) in [6, 6.07) is 5.25. The molecule has 0 amide bonds. The molecule has 2 heterocycles. The molecule has 0 aliphatic heterocycles. The van der Waals surface area contributed by atoms with Gasteiger partial charge in [-0.15, -0.1) is 0 Å². The topological polar surface area (TPSA) is 63.6 Å². The summed E-state index contributed by atoms with van der Waals surface area (Å²) in [7, 11) is 0. The van der Waals surface area contributed by atoms with Gasteiger partial charge in [0.15, 0.2) is 0 Å². The molecule has 102 valence electrons. The fraction of sp³-hybridized carbons (Fsp3) is 0.167. The molecule has 3 rings (SSSR count). The monoisotopic (exact) mass is 325 g/mol. The number of aromatic nitrogens is 4. The molecule has 3 aromatic rings. The lowest BCUT2D eigenvalue weighted by atomic mass is 10.2. The van der Waals surface area contributed by atoms with Gasteiger partial charge in [-0.1, -0.05) is 30.1 Å². The van der Waals surface area contributed by atoms with Gasteiger partial charge in [0.1, 0.15) is 27.8 Å². The van der Waals surface area contributed by atoms with E-state index in [9.17, 15) is 0 Å². The van der Waals surface area contributed by atoms with Crippen molar-refractivity contribution in [3.05, 3.63) is 34.2 Å². The lowest BCUT2D eigenvalue weighted by Gasteiger charge is -2.09. The summed E-state index contributed by atoms with van der Waals surface area (Å²) in [5, 5.41) is 4.10. The molecule has 0 atom stereocenters. The van der Waals surface area contributed by atoms with Crippen LogP contribution in [0.3, 0.4) is 0 Å². The largest absolute Gasteiger partial charge is 0.337 e. The van der Waals surface area contributed by atoms with Crippen molar-refractivity contribution in [3.8, 4) is 0 Å². The van der Waals surface area contributed by atoms with E-state index in [2.05, 4.69) is 24.0 Å². The van der Waals surface area contributed by atoms with Gasteiger partial charge in [0.2, 0.25) is 0 Å². The number of halogens is 2. The van der Waals surface area contributed by atoms with Crippen LogP contribution in [0, 0.1) is 0 Å². The lowest BCUT2D eigenvalue weighted by molar-refractivity contribution is 0.943. The van der Waals surface area contributed by atoms with Crippen LogP contribution < -0.4 is 5.32 Å². The average Bonchev–Trinajstić information content (AvgIpc) is 2.90. The lowest BCUT2D eigenvalue weighted by Crippen LogP contribution is -2.00. The molecule has 0 fully saturated rings. The van der Waals surface area contributed by atoms with Gasteiger partial charge in [-0.25, -0.2) is 9.97 Å². The van der Waals surface area contributed by atoms with Crippen molar-refractivity contribution in [3.63, 3.8) is 0 Å². The van der Waals surface area contributed by atoms with E-state index in [1.807, 2.05) is 13.0 Å². The summed E-state index contributed by atoms with van der Waals surface area (Å²) in [5.74, 6) is 1.25. The molecule has 0 unspecified atom stereocenters. The number of nitrogens with zero attached hydrogens (tertiary/aromatic N) is 4. The first-order valence-corrected chi connectivity index (χ1v) is 7.37. The highest BCUT2D eigenvalue weighted by Crippen LogP contribution is 2.32. The number of hydrogen-bond donors (Lipinski definition) is 1. The predicted octanol–water partition coefficient (Wildman–Crippen LogP) is 4.09. The molecule has 0 aliphatic rings. The van der Waals surface area contributed by atoms with Crippen LogP contribution in [0.25, 0.3) is 11.0 Å². The van der Waals surface area contributed by atoms with E-state index in [4.69, 9.17) is 23.2 Å². The SMILES string of the molecule is CCc1nc(Cl)cc(Nc2c(Cl)ccc3nsnc23)n1. The third-order valence-corrected chi connectivity index (χ3v) is 3.74. The molecule has 0 saturated carbocycles. The van der Waals surface area contributed by atoms with E-state index in [0.717, 1.165) is 22.8 Å².